The third-order valence-electron chi connectivity index (χ3n) is 2.73. The smallest absolute Gasteiger partial charge is 0.336 e. The molecule has 5 heteroatoms. The molecule has 2 rings (SSSR count). The predicted molar refractivity (Wildman–Crippen MR) is 78.4 cm³/mol. The maximum absolute atomic E-state index is 11.1. The van der Waals surface area contributed by atoms with Crippen LogP contribution in [0.2, 0.25) is 0 Å². The Morgan fingerprint density at radius 1 is 1.20 bits per heavy atom. The van der Waals surface area contributed by atoms with Gasteiger partial charge in [-0.05, 0) is 33.6 Å². The van der Waals surface area contributed by atoms with Crippen molar-refractivity contribution in [1.82, 2.24) is 0 Å². The molecule has 0 radical (unpaired) electrons. The van der Waals surface area contributed by atoms with Crippen LogP contribution < -0.4 is 9.47 Å². The molecule has 0 aromatic heterocycles. The third-order valence-corrected chi connectivity index (χ3v) is 3.52. The van der Waals surface area contributed by atoms with Crippen molar-refractivity contribution < 1.29 is 19.4 Å². The molecule has 0 saturated heterocycles. The van der Waals surface area contributed by atoms with E-state index in [0.717, 1.165) is 5.56 Å². The van der Waals surface area contributed by atoms with Gasteiger partial charge in [-0.15, -0.1) is 0 Å². The second-order valence-electron chi connectivity index (χ2n) is 4.04. The number of methoxy groups -OCH3 is 1. The average Bonchev–Trinajstić information content (AvgIpc) is 2.45. The second-order valence-corrected chi connectivity index (χ2v) is 4.83. The Balaban J connectivity index is 2.24. The normalized spacial score (nSPS) is 10.1. The zero-order valence-electron chi connectivity index (χ0n) is 10.8. The largest absolute Gasteiger partial charge is 0.492 e. The van der Waals surface area contributed by atoms with Gasteiger partial charge in [-0.2, -0.15) is 0 Å². The first-order valence-electron chi connectivity index (χ1n) is 5.90. The first-order valence-corrected chi connectivity index (χ1v) is 6.69. The fraction of sp³-hybridized carbons (Fsp3) is 0.133. The zero-order chi connectivity index (χ0) is 14.5. The summed E-state index contributed by atoms with van der Waals surface area (Å²) in [7, 11) is 1.47. The van der Waals surface area contributed by atoms with E-state index >= 15 is 0 Å². The van der Waals surface area contributed by atoms with E-state index in [-0.39, 0.29) is 5.56 Å². The van der Waals surface area contributed by atoms with Crippen LogP contribution in [0.25, 0.3) is 0 Å². The molecule has 0 heterocycles. The summed E-state index contributed by atoms with van der Waals surface area (Å²) in [5, 5.41) is 9.06. The SMILES string of the molecule is COc1c(OCc2ccccc2)ccc(C(=O)O)c1Br. The van der Waals surface area contributed by atoms with Gasteiger partial charge in [-0.1, -0.05) is 30.3 Å². The Morgan fingerprint density at radius 2 is 1.90 bits per heavy atom. The Bertz CT molecular complexity index is 611. The maximum atomic E-state index is 11.1. The Morgan fingerprint density at radius 3 is 2.50 bits per heavy atom. The van der Waals surface area contributed by atoms with Crippen molar-refractivity contribution >= 4 is 21.9 Å². The number of carbonyl (C=O) groups is 1. The van der Waals surface area contributed by atoms with Crippen LogP contribution in [-0.4, -0.2) is 18.2 Å². The lowest BCUT2D eigenvalue weighted by molar-refractivity contribution is 0.0695. The summed E-state index contributed by atoms with van der Waals surface area (Å²) in [6.45, 7) is 0.385. The number of halogens is 1. The van der Waals surface area contributed by atoms with Crippen LogP contribution in [0, 0.1) is 0 Å². The molecule has 2 aromatic carbocycles. The van der Waals surface area contributed by atoms with Crippen molar-refractivity contribution in [3.63, 3.8) is 0 Å². The molecule has 0 aliphatic heterocycles. The monoisotopic (exact) mass is 336 g/mol. The number of carboxylic acids is 1. The van der Waals surface area contributed by atoms with Crippen molar-refractivity contribution in [2.75, 3.05) is 7.11 Å². The highest BCUT2D eigenvalue weighted by molar-refractivity contribution is 9.10. The van der Waals surface area contributed by atoms with Crippen LogP contribution in [0.15, 0.2) is 46.9 Å². The number of hydrogen-bond donors (Lipinski definition) is 1. The number of carboxylic acid groups (broad SMARTS) is 1. The summed E-state index contributed by atoms with van der Waals surface area (Å²) in [4.78, 5) is 11.1. The molecule has 0 atom stereocenters. The molecule has 4 nitrogen and oxygen atoms in total. The standard InChI is InChI=1S/C15H13BrO4/c1-19-14-12(8-7-11(13(14)16)15(17)18)20-9-10-5-3-2-4-6-10/h2-8H,9H2,1H3,(H,17,18). The Labute approximate surface area is 125 Å². The minimum Gasteiger partial charge on any atom is -0.492 e. The number of hydrogen-bond acceptors (Lipinski definition) is 3. The van der Waals surface area contributed by atoms with Gasteiger partial charge in [0.1, 0.15) is 6.61 Å². The molecule has 1 N–H and O–H groups in total. The van der Waals surface area contributed by atoms with Crippen molar-refractivity contribution in [2.24, 2.45) is 0 Å². The minimum absolute atomic E-state index is 0.133. The Kier molecular flexibility index (Phi) is 4.63. The van der Waals surface area contributed by atoms with E-state index in [9.17, 15) is 4.79 Å². The lowest BCUT2D eigenvalue weighted by atomic mass is 10.2. The first-order chi connectivity index (χ1) is 9.63. The Hall–Kier alpha value is -2.01. The van der Waals surface area contributed by atoms with Crippen LogP contribution in [0.4, 0.5) is 0 Å². The van der Waals surface area contributed by atoms with E-state index in [0.29, 0.717) is 22.6 Å². The van der Waals surface area contributed by atoms with Crippen molar-refractivity contribution in [3.8, 4) is 11.5 Å². The number of benzene rings is 2. The summed E-state index contributed by atoms with van der Waals surface area (Å²) in [6.07, 6.45) is 0. The van der Waals surface area contributed by atoms with Gasteiger partial charge < -0.3 is 14.6 Å². The van der Waals surface area contributed by atoms with E-state index in [4.69, 9.17) is 14.6 Å². The molecular weight excluding hydrogens is 324 g/mol. The fourth-order valence-corrected chi connectivity index (χ4v) is 2.40. The van der Waals surface area contributed by atoms with E-state index < -0.39 is 5.97 Å². The van der Waals surface area contributed by atoms with Crippen LogP contribution in [-0.2, 0) is 6.61 Å². The lowest BCUT2D eigenvalue weighted by Crippen LogP contribution is -2.02. The minimum atomic E-state index is -1.02. The molecule has 0 amide bonds. The maximum Gasteiger partial charge on any atom is 0.336 e. The molecule has 0 unspecified atom stereocenters. The van der Waals surface area contributed by atoms with Crippen LogP contribution in [0.5, 0.6) is 11.5 Å². The first kappa shape index (κ1) is 14.4. The zero-order valence-corrected chi connectivity index (χ0v) is 12.4. The van der Waals surface area contributed by atoms with Crippen LogP contribution >= 0.6 is 15.9 Å². The van der Waals surface area contributed by atoms with E-state index in [1.807, 2.05) is 30.3 Å². The highest BCUT2D eigenvalue weighted by Gasteiger charge is 2.17. The summed E-state index contributed by atoms with van der Waals surface area (Å²) in [5.74, 6) is -0.154. The van der Waals surface area contributed by atoms with Crippen LogP contribution in [0.3, 0.4) is 0 Å². The molecule has 0 saturated carbocycles. The average molecular weight is 337 g/mol. The van der Waals surface area contributed by atoms with Gasteiger partial charge in [0.2, 0.25) is 0 Å². The summed E-state index contributed by atoms with van der Waals surface area (Å²) in [5.41, 5.74) is 1.15. The van der Waals surface area contributed by atoms with Gasteiger partial charge in [-0.3, -0.25) is 0 Å². The molecule has 0 spiro atoms. The van der Waals surface area contributed by atoms with Gasteiger partial charge in [0.15, 0.2) is 11.5 Å². The van der Waals surface area contributed by atoms with Gasteiger partial charge >= 0.3 is 5.97 Å². The summed E-state index contributed by atoms with van der Waals surface area (Å²) >= 11 is 3.23. The van der Waals surface area contributed by atoms with Crippen molar-refractivity contribution in [2.45, 2.75) is 6.61 Å². The topological polar surface area (TPSA) is 55.8 Å². The molecule has 0 fully saturated rings. The molecule has 104 valence electrons. The van der Waals surface area contributed by atoms with Gasteiger partial charge in [0.05, 0.1) is 17.1 Å². The van der Waals surface area contributed by atoms with E-state index in [1.54, 1.807) is 6.07 Å². The lowest BCUT2D eigenvalue weighted by Gasteiger charge is -2.13. The number of rotatable bonds is 5. The fourth-order valence-electron chi connectivity index (χ4n) is 1.74. The molecule has 20 heavy (non-hydrogen) atoms. The van der Waals surface area contributed by atoms with Gasteiger partial charge in [0, 0.05) is 0 Å². The summed E-state index contributed by atoms with van der Waals surface area (Å²) < 4.78 is 11.3. The molecule has 0 bridgehead atoms. The highest BCUT2D eigenvalue weighted by atomic mass is 79.9. The van der Waals surface area contributed by atoms with Gasteiger partial charge in [0.25, 0.3) is 0 Å². The van der Waals surface area contributed by atoms with Crippen molar-refractivity contribution in [1.29, 1.82) is 0 Å². The van der Waals surface area contributed by atoms with E-state index in [1.165, 1.54) is 13.2 Å². The second kappa shape index (κ2) is 6.43. The highest BCUT2D eigenvalue weighted by Crippen LogP contribution is 2.38. The quantitative estimate of drug-likeness (QED) is 0.903. The third kappa shape index (κ3) is 3.11. The molecule has 0 aliphatic rings. The molecular formula is C15H13BrO4. The molecule has 2 aromatic rings. The van der Waals surface area contributed by atoms with Crippen LogP contribution in [0.1, 0.15) is 15.9 Å². The summed E-state index contributed by atoms with van der Waals surface area (Å²) in [6, 6.07) is 12.8. The van der Waals surface area contributed by atoms with E-state index in [2.05, 4.69) is 15.9 Å². The van der Waals surface area contributed by atoms with Crippen molar-refractivity contribution in [3.05, 3.63) is 58.1 Å². The predicted octanol–water partition coefficient (Wildman–Crippen LogP) is 3.73. The van der Waals surface area contributed by atoms with Gasteiger partial charge in [-0.25, -0.2) is 4.79 Å². The number of aromatic carboxylic acids is 1. The molecule has 0 aliphatic carbocycles. The number of ether oxygens (including phenoxy) is 2.